The number of aromatic amines is 1. The Labute approximate surface area is 82.3 Å². The lowest BCUT2D eigenvalue weighted by Gasteiger charge is -2.21. The molecule has 1 saturated carbocycles. The van der Waals surface area contributed by atoms with Gasteiger partial charge in [-0.05, 0) is 12.8 Å². The summed E-state index contributed by atoms with van der Waals surface area (Å²) in [7, 11) is 0. The van der Waals surface area contributed by atoms with Crippen LogP contribution in [0, 0.1) is 0 Å². The molecule has 0 spiro atoms. The summed E-state index contributed by atoms with van der Waals surface area (Å²) in [5, 5.41) is 10.5. The predicted octanol–water partition coefficient (Wildman–Crippen LogP) is 0.343. The summed E-state index contributed by atoms with van der Waals surface area (Å²) in [4.78, 5) is 4.46. The van der Waals surface area contributed by atoms with Crippen LogP contribution in [0.4, 0.5) is 0 Å². The zero-order valence-electron chi connectivity index (χ0n) is 7.99. The molecule has 5 heteroatoms. The molecule has 0 amide bonds. The van der Waals surface area contributed by atoms with Gasteiger partial charge in [0.25, 0.3) is 0 Å². The van der Waals surface area contributed by atoms with E-state index in [1.807, 2.05) is 0 Å². The molecule has 0 radical (unpaired) electrons. The Balaban J connectivity index is 1.74. The molecule has 2 heterocycles. The van der Waals surface area contributed by atoms with E-state index < -0.39 is 0 Å². The molecule has 76 valence electrons. The molecule has 5 nitrogen and oxygen atoms in total. The topological polar surface area (TPSA) is 62.8 Å². The molecule has 3 rings (SSSR count). The van der Waals surface area contributed by atoms with Gasteiger partial charge in [0.2, 0.25) is 0 Å². The number of hydrogen-bond acceptors (Lipinski definition) is 4. The van der Waals surface area contributed by atoms with Gasteiger partial charge in [0.05, 0.1) is 6.61 Å². The van der Waals surface area contributed by atoms with Gasteiger partial charge in [-0.2, -0.15) is 5.10 Å². The number of aromatic nitrogens is 3. The second-order valence-electron chi connectivity index (χ2n) is 3.92. The van der Waals surface area contributed by atoms with E-state index in [1.165, 1.54) is 12.8 Å². The minimum Gasteiger partial charge on any atom is -0.368 e. The minimum atomic E-state index is 0.0590. The SMILES string of the molecule is C1COC(c2nc(C3CC3)n[nH]2)CN1. The first-order valence-electron chi connectivity index (χ1n) is 5.18. The predicted molar refractivity (Wildman–Crippen MR) is 49.9 cm³/mol. The number of nitrogens with one attached hydrogen (secondary N) is 2. The van der Waals surface area contributed by atoms with E-state index in [-0.39, 0.29) is 6.10 Å². The van der Waals surface area contributed by atoms with E-state index in [0.29, 0.717) is 5.92 Å². The summed E-state index contributed by atoms with van der Waals surface area (Å²) < 4.78 is 5.58. The maximum Gasteiger partial charge on any atom is 0.155 e. The highest BCUT2D eigenvalue weighted by atomic mass is 16.5. The fraction of sp³-hybridized carbons (Fsp3) is 0.778. The van der Waals surface area contributed by atoms with Crippen molar-refractivity contribution >= 4 is 0 Å². The molecule has 2 fully saturated rings. The molecule has 14 heavy (non-hydrogen) atoms. The molecule has 1 aliphatic heterocycles. The lowest BCUT2D eigenvalue weighted by atomic mass is 10.3. The van der Waals surface area contributed by atoms with Crippen LogP contribution >= 0.6 is 0 Å². The average molecular weight is 194 g/mol. The third kappa shape index (κ3) is 1.53. The van der Waals surface area contributed by atoms with Crippen LogP contribution < -0.4 is 5.32 Å². The lowest BCUT2D eigenvalue weighted by Crippen LogP contribution is -2.33. The Morgan fingerprint density at radius 1 is 1.36 bits per heavy atom. The first-order valence-corrected chi connectivity index (χ1v) is 5.18. The summed E-state index contributed by atoms with van der Waals surface area (Å²) in [6.45, 7) is 2.52. The number of hydrogen-bond donors (Lipinski definition) is 2. The first kappa shape index (κ1) is 8.38. The lowest BCUT2D eigenvalue weighted by molar-refractivity contribution is 0.0223. The second-order valence-corrected chi connectivity index (χ2v) is 3.92. The van der Waals surface area contributed by atoms with Gasteiger partial charge in [-0.25, -0.2) is 4.98 Å². The van der Waals surface area contributed by atoms with Gasteiger partial charge in [0.15, 0.2) is 11.6 Å². The van der Waals surface area contributed by atoms with Crippen LogP contribution in [-0.2, 0) is 4.74 Å². The normalized spacial score (nSPS) is 27.9. The summed E-state index contributed by atoms with van der Waals surface area (Å²) in [5.74, 6) is 2.45. The van der Waals surface area contributed by atoms with Crippen molar-refractivity contribution in [1.29, 1.82) is 0 Å². The van der Waals surface area contributed by atoms with E-state index in [2.05, 4.69) is 20.5 Å². The summed E-state index contributed by atoms with van der Waals surface area (Å²) >= 11 is 0. The van der Waals surface area contributed by atoms with Crippen LogP contribution in [0.5, 0.6) is 0 Å². The van der Waals surface area contributed by atoms with Crippen molar-refractivity contribution in [2.45, 2.75) is 24.9 Å². The smallest absolute Gasteiger partial charge is 0.155 e. The van der Waals surface area contributed by atoms with Crippen molar-refractivity contribution in [2.24, 2.45) is 0 Å². The van der Waals surface area contributed by atoms with E-state index in [4.69, 9.17) is 4.74 Å². The second kappa shape index (κ2) is 3.33. The van der Waals surface area contributed by atoms with Crippen molar-refractivity contribution in [2.75, 3.05) is 19.7 Å². The van der Waals surface area contributed by atoms with Crippen LogP contribution in [0.25, 0.3) is 0 Å². The molecular weight excluding hydrogens is 180 g/mol. The standard InChI is InChI=1S/C9H14N4O/c1-2-6(1)8-11-9(13-12-8)7-5-10-3-4-14-7/h6-7,10H,1-5H2,(H,11,12,13). The molecule has 1 aliphatic carbocycles. The Hall–Kier alpha value is -0.940. The van der Waals surface area contributed by atoms with Gasteiger partial charge in [-0.3, -0.25) is 5.10 Å². The highest BCUT2D eigenvalue weighted by molar-refractivity contribution is 5.06. The zero-order chi connectivity index (χ0) is 9.38. The quantitative estimate of drug-likeness (QED) is 0.712. The Morgan fingerprint density at radius 3 is 3.00 bits per heavy atom. The Bertz CT molecular complexity index is 314. The zero-order valence-corrected chi connectivity index (χ0v) is 7.99. The molecule has 0 aromatic carbocycles. The number of ether oxygens (including phenoxy) is 1. The van der Waals surface area contributed by atoms with Gasteiger partial charge in [-0.15, -0.1) is 0 Å². The molecule has 2 aliphatic rings. The van der Waals surface area contributed by atoms with E-state index >= 15 is 0 Å². The highest BCUT2D eigenvalue weighted by Gasteiger charge is 2.29. The highest BCUT2D eigenvalue weighted by Crippen LogP contribution is 2.38. The van der Waals surface area contributed by atoms with Crippen molar-refractivity contribution < 1.29 is 4.74 Å². The molecule has 1 aromatic heterocycles. The third-order valence-electron chi connectivity index (χ3n) is 2.70. The first-order chi connectivity index (χ1) is 6.93. The van der Waals surface area contributed by atoms with E-state index in [0.717, 1.165) is 31.3 Å². The molecular formula is C9H14N4O. The van der Waals surface area contributed by atoms with Crippen LogP contribution in [-0.4, -0.2) is 34.9 Å². The van der Waals surface area contributed by atoms with Crippen molar-refractivity contribution in [3.8, 4) is 0 Å². The number of H-pyrrole nitrogens is 1. The summed E-state index contributed by atoms with van der Waals surface area (Å²) in [5.41, 5.74) is 0. The maximum absolute atomic E-state index is 5.58. The number of nitrogens with zero attached hydrogens (tertiary/aromatic N) is 2. The van der Waals surface area contributed by atoms with Crippen molar-refractivity contribution in [1.82, 2.24) is 20.5 Å². The molecule has 2 N–H and O–H groups in total. The molecule has 0 bridgehead atoms. The third-order valence-corrected chi connectivity index (χ3v) is 2.70. The fourth-order valence-electron chi connectivity index (χ4n) is 1.70. The van der Waals surface area contributed by atoms with Crippen LogP contribution in [0.3, 0.4) is 0 Å². The average Bonchev–Trinajstić information content (AvgIpc) is 2.98. The Kier molecular flexibility index (Phi) is 1.99. The van der Waals surface area contributed by atoms with Gasteiger partial charge in [0.1, 0.15) is 6.10 Å². The van der Waals surface area contributed by atoms with Gasteiger partial charge < -0.3 is 10.1 Å². The van der Waals surface area contributed by atoms with Crippen LogP contribution in [0.15, 0.2) is 0 Å². The number of morpholine rings is 1. The molecule has 1 unspecified atom stereocenters. The van der Waals surface area contributed by atoms with Gasteiger partial charge in [0, 0.05) is 19.0 Å². The van der Waals surface area contributed by atoms with Crippen LogP contribution in [0.2, 0.25) is 0 Å². The van der Waals surface area contributed by atoms with E-state index in [1.54, 1.807) is 0 Å². The van der Waals surface area contributed by atoms with Crippen molar-refractivity contribution in [3.05, 3.63) is 11.6 Å². The minimum absolute atomic E-state index is 0.0590. The summed E-state index contributed by atoms with van der Waals surface area (Å²) in [6.07, 6.45) is 2.53. The maximum atomic E-state index is 5.58. The molecule has 1 atom stereocenters. The van der Waals surface area contributed by atoms with Crippen LogP contribution in [0.1, 0.15) is 36.5 Å². The fourth-order valence-corrected chi connectivity index (χ4v) is 1.70. The number of rotatable bonds is 2. The summed E-state index contributed by atoms with van der Waals surface area (Å²) in [6, 6.07) is 0. The van der Waals surface area contributed by atoms with Gasteiger partial charge >= 0.3 is 0 Å². The van der Waals surface area contributed by atoms with E-state index in [9.17, 15) is 0 Å². The molecule has 1 saturated heterocycles. The largest absolute Gasteiger partial charge is 0.368 e. The van der Waals surface area contributed by atoms with Crippen molar-refractivity contribution in [3.63, 3.8) is 0 Å². The van der Waals surface area contributed by atoms with Gasteiger partial charge in [-0.1, -0.05) is 0 Å². The Morgan fingerprint density at radius 2 is 2.29 bits per heavy atom. The molecule has 1 aromatic rings. The monoisotopic (exact) mass is 194 g/mol.